The summed E-state index contributed by atoms with van der Waals surface area (Å²) in [6.07, 6.45) is 0.344. The highest BCUT2D eigenvalue weighted by Gasteiger charge is 2.61. The van der Waals surface area contributed by atoms with Gasteiger partial charge in [-0.2, -0.15) is 10.5 Å². The number of nitriles is 1. The predicted octanol–water partition coefficient (Wildman–Crippen LogP) is 7.07. The molecule has 3 N–H and O–H groups in total. The van der Waals surface area contributed by atoms with Crippen molar-refractivity contribution in [3.63, 3.8) is 0 Å². The predicted molar refractivity (Wildman–Crippen MR) is 161 cm³/mol. The van der Waals surface area contributed by atoms with Gasteiger partial charge < -0.3 is 10.6 Å². The molecule has 0 bridgehead atoms. The number of H-pyrrole nitrogens is 1. The van der Waals surface area contributed by atoms with Gasteiger partial charge in [0.05, 0.1) is 22.2 Å². The molecular formula is C30H26Cl3F2N7O. The summed E-state index contributed by atoms with van der Waals surface area (Å²) < 4.78 is 31.6. The second-order valence-electron chi connectivity index (χ2n) is 11.6. The molecule has 3 aromatic carbocycles. The van der Waals surface area contributed by atoms with Crippen LogP contribution in [0.4, 0.5) is 14.5 Å². The van der Waals surface area contributed by atoms with E-state index in [9.17, 15) is 10.1 Å². The first-order valence-corrected chi connectivity index (χ1v) is 14.4. The van der Waals surface area contributed by atoms with Gasteiger partial charge in [0.2, 0.25) is 11.7 Å². The van der Waals surface area contributed by atoms with Crippen molar-refractivity contribution in [1.82, 2.24) is 25.9 Å². The summed E-state index contributed by atoms with van der Waals surface area (Å²) in [6.45, 7) is 5.89. The number of aromatic nitrogens is 4. The summed E-state index contributed by atoms with van der Waals surface area (Å²) in [5, 5.41) is 31.0. The highest BCUT2D eigenvalue weighted by molar-refractivity contribution is 6.33. The molecule has 4 atom stereocenters. The quantitative estimate of drug-likeness (QED) is 0.207. The molecule has 1 aliphatic rings. The van der Waals surface area contributed by atoms with Crippen molar-refractivity contribution in [2.75, 3.05) is 5.32 Å². The van der Waals surface area contributed by atoms with E-state index in [1.165, 1.54) is 36.4 Å². The van der Waals surface area contributed by atoms with Crippen LogP contribution in [0.2, 0.25) is 15.1 Å². The van der Waals surface area contributed by atoms with E-state index >= 15 is 8.78 Å². The summed E-state index contributed by atoms with van der Waals surface area (Å²) in [7, 11) is 0. The molecule has 0 radical (unpaired) electrons. The van der Waals surface area contributed by atoms with E-state index in [2.05, 4.69) is 37.3 Å². The van der Waals surface area contributed by atoms with Gasteiger partial charge in [-0.15, -0.1) is 10.2 Å². The number of hydrogen-bond donors (Lipinski definition) is 3. The molecule has 222 valence electrons. The van der Waals surface area contributed by atoms with E-state index in [0.717, 1.165) is 6.07 Å². The van der Waals surface area contributed by atoms with E-state index < -0.39 is 41.0 Å². The monoisotopic (exact) mass is 643 g/mol. The number of amides is 1. The standard InChI is InChI=1S/C30H26Cl3F2N7O/c1-29(2,3)13-23-30(14-36,19-10-7-15(31)11-22(19)34)24(18-5-4-6-20(32)25(18)35)26(38-23)28(43)37-16-8-9-17(21(33)12-16)27-39-41-42-40-27/h4-12,23-24,26,38H,13H2,1-3H3,(H,37,43)(H,39,40,41,42). The van der Waals surface area contributed by atoms with Crippen molar-refractivity contribution >= 4 is 46.4 Å². The summed E-state index contributed by atoms with van der Waals surface area (Å²) in [5.41, 5.74) is -1.31. The number of halogens is 5. The summed E-state index contributed by atoms with van der Waals surface area (Å²) in [6, 6.07) is 13.4. The summed E-state index contributed by atoms with van der Waals surface area (Å²) >= 11 is 18.7. The van der Waals surface area contributed by atoms with E-state index in [0.29, 0.717) is 17.7 Å². The lowest BCUT2D eigenvalue weighted by Crippen LogP contribution is -2.45. The van der Waals surface area contributed by atoms with Crippen LogP contribution in [0, 0.1) is 28.4 Å². The number of rotatable bonds is 6. The smallest absolute Gasteiger partial charge is 0.242 e. The zero-order chi connectivity index (χ0) is 31.1. The molecule has 0 saturated carbocycles. The first kappa shape index (κ1) is 30.8. The molecule has 1 aliphatic heterocycles. The molecule has 0 spiro atoms. The van der Waals surface area contributed by atoms with E-state index in [1.54, 1.807) is 12.1 Å². The average molecular weight is 645 g/mol. The lowest BCUT2D eigenvalue weighted by atomic mass is 9.62. The molecule has 2 heterocycles. The van der Waals surface area contributed by atoms with Crippen molar-refractivity contribution in [1.29, 1.82) is 5.26 Å². The van der Waals surface area contributed by atoms with Crippen LogP contribution in [0.3, 0.4) is 0 Å². The lowest BCUT2D eigenvalue weighted by molar-refractivity contribution is -0.118. The zero-order valence-corrected chi connectivity index (χ0v) is 25.5. The number of aromatic amines is 1. The van der Waals surface area contributed by atoms with Crippen LogP contribution in [0.25, 0.3) is 11.4 Å². The number of carbonyl (C=O) groups is 1. The van der Waals surface area contributed by atoms with Crippen LogP contribution in [0.1, 0.15) is 44.2 Å². The molecule has 0 aliphatic carbocycles. The number of benzene rings is 3. The highest BCUT2D eigenvalue weighted by Crippen LogP contribution is 2.53. The second kappa shape index (κ2) is 11.8. The molecule has 8 nitrogen and oxygen atoms in total. The van der Waals surface area contributed by atoms with Gasteiger partial charge in [-0.05, 0) is 59.0 Å². The van der Waals surface area contributed by atoms with Crippen LogP contribution in [0.5, 0.6) is 0 Å². The van der Waals surface area contributed by atoms with E-state index in [-0.39, 0.29) is 37.4 Å². The molecular weight excluding hydrogens is 619 g/mol. The minimum absolute atomic E-state index is 0.00190. The number of nitrogens with one attached hydrogen (secondary N) is 3. The first-order valence-electron chi connectivity index (χ1n) is 13.3. The minimum atomic E-state index is -1.74. The Balaban J connectivity index is 1.65. The number of nitrogens with zero attached hydrogens (tertiary/aromatic N) is 4. The minimum Gasteiger partial charge on any atom is -0.325 e. The maximum atomic E-state index is 15.8. The van der Waals surface area contributed by atoms with Crippen LogP contribution in [-0.2, 0) is 10.2 Å². The third kappa shape index (κ3) is 5.83. The van der Waals surface area contributed by atoms with Crippen molar-refractivity contribution in [2.24, 2.45) is 5.41 Å². The fourth-order valence-corrected chi connectivity index (χ4v) is 6.43. The van der Waals surface area contributed by atoms with Gasteiger partial charge in [-0.1, -0.05) is 73.8 Å². The van der Waals surface area contributed by atoms with Crippen molar-refractivity contribution in [3.05, 3.63) is 92.4 Å². The first-order chi connectivity index (χ1) is 20.4. The Hall–Kier alpha value is -3.62. The summed E-state index contributed by atoms with van der Waals surface area (Å²) in [4.78, 5) is 14.1. The normalized spacial score (nSPS) is 21.9. The van der Waals surface area contributed by atoms with Gasteiger partial charge in [0.1, 0.15) is 17.0 Å². The number of carbonyl (C=O) groups excluding carboxylic acids is 1. The van der Waals surface area contributed by atoms with Crippen LogP contribution < -0.4 is 10.6 Å². The molecule has 4 unspecified atom stereocenters. The Morgan fingerprint density at radius 1 is 1.09 bits per heavy atom. The maximum absolute atomic E-state index is 15.8. The van der Waals surface area contributed by atoms with Gasteiger partial charge in [-0.3, -0.25) is 4.79 Å². The van der Waals surface area contributed by atoms with Crippen LogP contribution >= 0.6 is 34.8 Å². The van der Waals surface area contributed by atoms with Crippen molar-refractivity contribution < 1.29 is 13.6 Å². The Labute approximate surface area is 261 Å². The fraction of sp³-hybridized carbons (Fsp3) is 0.300. The topological polar surface area (TPSA) is 119 Å². The summed E-state index contributed by atoms with van der Waals surface area (Å²) in [5.74, 6) is -3.06. The Bertz CT molecular complexity index is 1720. The van der Waals surface area contributed by atoms with Gasteiger partial charge in [-0.25, -0.2) is 8.78 Å². The number of tetrazole rings is 1. The molecule has 5 rings (SSSR count). The molecule has 13 heteroatoms. The lowest BCUT2D eigenvalue weighted by Gasteiger charge is -2.37. The molecule has 1 aromatic heterocycles. The Morgan fingerprint density at radius 2 is 1.86 bits per heavy atom. The van der Waals surface area contributed by atoms with Crippen molar-refractivity contribution in [3.8, 4) is 17.5 Å². The molecule has 1 amide bonds. The molecule has 1 fully saturated rings. The van der Waals surface area contributed by atoms with Gasteiger partial charge >= 0.3 is 0 Å². The third-order valence-electron chi connectivity index (χ3n) is 7.55. The third-order valence-corrected chi connectivity index (χ3v) is 8.39. The molecule has 4 aromatic rings. The second-order valence-corrected chi connectivity index (χ2v) is 12.9. The fourth-order valence-electron chi connectivity index (χ4n) is 5.83. The van der Waals surface area contributed by atoms with Gasteiger partial charge in [0, 0.05) is 33.8 Å². The maximum Gasteiger partial charge on any atom is 0.242 e. The van der Waals surface area contributed by atoms with Gasteiger partial charge in [0.25, 0.3) is 0 Å². The van der Waals surface area contributed by atoms with E-state index in [4.69, 9.17) is 34.8 Å². The largest absolute Gasteiger partial charge is 0.325 e. The zero-order valence-electron chi connectivity index (χ0n) is 23.2. The SMILES string of the molecule is CC(C)(C)CC1NC(C(=O)Nc2ccc(-c3nn[nH]n3)c(Cl)c2)C(c2cccc(Cl)c2F)C1(C#N)c1ccc(Cl)cc1F. The Kier molecular flexibility index (Phi) is 8.47. The number of anilines is 1. The van der Waals surface area contributed by atoms with Crippen molar-refractivity contribution in [2.45, 2.75) is 50.6 Å². The Morgan fingerprint density at radius 3 is 2.49 bits per heavy atom. The van der Waals surface area contributed by atoms with E-state index in [1.807, 2.05) is 20.8 Å². The van der Waals surface area contributed by atoms with Crippen LogP contribution in [0.15, 0.2) is 54.6 Å². The molecule has 1 saturated heterocycles. The van der Waals surface area contributed by atoms with Crippen LogP contribution in [-0.4, -0.2) is 38.6 Å². The van der Waals surface area contributed by atoms with Gasteiger partial charge in [0.15, 0.2) is 0 Å². The number of hydrogen-bond acceptors (Lipinski definition) is 6. The average Bonchev–Trinajstić information content (AvgIpc) is 3.57. The highest BCUT2D eigenvalue weighted by atomic mass is 35.5. The molecule has 43 heavy (non-hydrogen) atoms.